The van der Waals surface area contributed by atoms with E-state index in [0.29, 0.717) is 11.8 Å². The standard InChI is InChI=1S/C28H44O4/c1-25(2)17-11-13-27(5,15-17)23(25)31-21(29)19-9-7-8-10-20(19)22(30)32-24-26(3,4)18-12-14-28(24,6)16-18/h17-20,23-24H,7-16H2,1-6H3. The average Bonchev–Trinajstić information content (AvgIpc) is 3.41. The first-order valence-electron chi connectivity index (χ1n) is 13.3. The molecule has 5 saturated carbocycles. The lowest BCUT2D eigenvalue weighted by molar-refractivity contribution is -0.183. The first-order valence-corrected chi connectivity index (χ1v) is 13.3. The van der Waals surface area contributed by atoms with Gasteiger partial charge in [0, 0.05) is 21.7 Å². The third kappa shape index (κ3) is 3.21. The number of ether oxygens (including phenoxy) is 2. The molecule has 4 nitrogen and oxygen atoms in total. The fourth-order valence-corrected chi connectivity index (χ4v) is 9.20. The second kappa shape index (κ2) is 7.22. The van der Waals surface area contributed by atoms with Crippen LogP contribution in [-0.4, -0.2) is 24.1 Å². The van der Waals surface area contributed by atoms with Gasteiger partial charge in [0.05, 0.1) is 11.8 Å². The van der Waals surface area contributed by atoms with Crippen LogP contribution in [0.25, 0.3) is 0 Å². The van der Waals surface area contributed by atoms with Crippen LogP contribution in [-0.2, 0) is 19.1 Å². The molecule has 4 heteroatoms. The topological polar surface area (TPSA) is 52.6 Å². The highest BCUT2D eigenvalue weighted by atomic mass is 16.6. The van der Waals surface area contributed by atoms with Crippen LogP contribution in [0.4, 0.5) is 0 Å². The maximum absolute atomic E-state index is 13.5. The third-order valence-electron chi connectivity index (χ3n) is 11.1. The van der Waals surface area contributed by atoms with Crippen LogP contribution >= 0.6 is 0 Å². The number of fused-ring (bicyclic) bond motifs is 4. The van der Waals surface area contributed by atoms with Crippen LogP contribution in [0.5, 0.6) is 0 Å². The molecule has 5 fully saturated rings. The van der Waals surface area contributed by atoms with E-state index in [1.807, 2.05) is 0 Å². The van der Waals surface area contributed by atoms with Gasteiger partial charge in [-0.15, -0.1) is 0 Å². The zero-order valence-corrected chi connectivity index (χ0v) is 21.2. The summed E-state index contributed by atoms with van der Waals surface area (Å²) in [7, 11) is 0. The third-order valence-corrected chi connectivity index (χ3v) is 11.1. The van der Waals surface area contributed by atoms with Crippen LogP contribution in [0, 0.1) is 45.3 Å². The Hall–Kier alpha value is -1.06. The van der Waals surface area contributed by atoms with E-state index in [2.05, 4.69) is 41.5 Å². The summed E-state index contributed by atoms with van der Waals surface area (Å²) in [5.41, 5.74) is 0.233. The van der Waals surface area contributed by atoms with Gasteiger partial charge in [-0.05, 0) is 63.2 Å². The molecule has 0 aromatic rings. The zero-order chi connectivity index (χ0) is 23.1. The SMILES string of the molecule is CC12CCC(C1)C(C)(C)C2OC(=O)C1CCCCC1C(=O)OC1C2(C)CCC(C2)C1(C)C. The Morgan fingerprint density at radius 1 is 0.625 bits per heavy atom. The van der Waals surface area contributed by atoms with Gasteiger partial charge in [0.1, 0.15) is 12.2 Å². The predicted octanol–water partition coefficient (Wildman–Crippen LogP) is 6.31. The molecule has 5 aliphatic rings. The monoisotopic (exact) mass is 444 g/mol. The molecule has 4 bridgehead atoms. The normalized spacial score (nSPS) is 48.1. The Morgan fingerprint density at radius 2 is 1.00 bits per heavy atom. The zero-order valence-electron chi connectivity index (χ0n) is 21.2. The van der Waals surface area contributed by atoms with Gasteiger partial charge in [-0.2, -0.15) is 0 Å². The first kappa shape index (κ1) is 22.7. The molecule has 0 heterocycles. The predicted molar refractivity (Wildman–Crippen MR) is 124 cm³/mol. The fraction of sp³-hybridized carbons (Fsp3) is 0.929. The van der Waals surface area contributed by atoms with E-state index in [-0.39, 0.29) is 57.6 Å². The fourth-order valence-electron chi connectivity index (χ4n) is 9.20. The summed E-state index contributed by atoms with van der Waals surface area (Å²) in [6.07, 6.45) is 10.5. The Bertz CT molecular complexity index is 724. The van der Waals surface area contributed by atoms with Crippen molar-refractivity contribution in [3.8, 4) is 0 Å². The summed E-state index contributed by atoms with van der Waals surface area (Å²) in [5.74, 6) is 0.304. The van der Waals surface area contributed by atoms with Crippen LogP contribution in [0.3, 0.4) is 0 Å². The molecule has 0 aliphatic heterocycles. The van der Waals surface area contributed by atoms with E-state index in [0.717, 1.165) is 51.4 Å². The van der Waals surface area contributed by atoms with Gasteiger partial charge in [0.15, 0.2) is 0 Å². The Balaban J connectivity index is 1.30. The molecule has 8 unspecified atom stereocenters. The largest absolute Gasteiger partial charge is 0.461 e. The lowest BCUT2D eigenvalue weighted by Gasteiger charge is -2.44. The van der Waals surface area contributed by atoms with Crippen molar-refractivity contribution >= 4 is 11.9 Å². The first-order chi connectivity index (χ1) is 14.9. The van der Waals surface area contributed by atoms with Gasteiger partial charge in [-0.25, -0.2) is 0 Å². The molecule has 5 rings (SSSR count). The molecule has 0 aromatic carbocycles. The molecule has 8 atom stereocenters. The molecule has 0 aromatic heterocycles. The molecule has 0 saturated heterocycles. The Kier molecular flexibility index (Phi) is 5.12. The van der Waals surface area contributed by atoms with Crippen molar-refractivity contribution in [3.63, 3.8) is 0 Å². The van der Waals surface area contributed by atoms with Crippen molar-refractivity contribution < 1.29 is 19.1 Å². The van der Waals surface area contributed by atoms with Crippen LogP contribution in [0.15, 0.2) is 0 Å². The quantitative estimate of drug-likeness (QED) is 0.477. The van der Waals surface area contributed by atoms with Crippen molar-refractivity contribution in [2.45, 2.75) is 118 Å². The second-order valence-corrected chi connectivity index (χ2v) is 14.0. The highest BCUT2D eigenvalue weighted by Crippen LogP contribution is 2.65. The van der Waals surface area contributed by atoms with Gasteiger partial charge < -0.3 is 9.47 Å². The molecule has 0 N–H and O–H groups in total. The van der Waals surface area contributed by atoms with E-state index in [9.17, 15) is 9.59 Å². The summed E-state index contributed by atoms with van der Waals surface area (Å²) >= 11 is 0. The van der Waals surface area contributed by atoms with Gasteiger partial charge >= 0.3 is 11.9 Å². The number of carbonyl (C=O) groups excluding carboxylic acids is 2. The van der Waals surface area contributed by atoms with E-state index in [1.165, 1.54) is 12.8 Å². The van der Waals surface area contributed by atoms with E-state index in [4.69, 9.17) is 9.47 Å². The van der Waals surface area contributed by atoms with Gasteiger partial charge in [0.2, 0.25) is 0 Å². The van der Waals surface area contributed by atoms with Crippen molar-refractivity contribution in [3.05, 3.63) is 0 Å². The van der Waals surface area contributed by atoms with Crippen LogP contribution < -0.4 is 0 Å². The summed E-state index contributed by atoms with van der Waals surface area (Å²) in [4.78, 5) is 27.0. The van der Waals surface area contributed by atoms with Crippen molar-refractivity contribution in [1.29, 1.82) is 0 Å². The smallest absolute Gasteiger partial charge is 0.310 e. The minimum atomic E-state index is -0.343. The lowest BCUT2D eigenvalue weighted by Crippen LogP contribution is -2.48. The summed E-state index contributed by atoms with van der Waals surface area (Å²) in [5, 5.41) is 0. The molecule has 5 aliphatic carbocycles. The molecule has 0 spiro atoms. The molecular formula is C28H44O4. The highest BCUT2D eigenvalue weighted by Gasteiger charge is 2.63. The van der Waals surface area contributed by atoms with E-state index in [1.54, 1.807) is 0 Å². The van der Waals surface area contributed by atoms with Gasteiger partial charge in [0.25, 0.3) is 0 Å². The van der Waals surface area contributed by atoms with Gasteiger partial charge in [-0.1, -0.05) is 54.4 Å². The lowest BCUT2D eigenvalue weighted by atomic mass is 9.69. The summed E-state index contributed by atoms with van der Waals surface area (Å²) in [6, 6.07) is 0. The van der Waals surface area contributed by atoms with Gasteiger partial charge in [-0.3, -0.25) is 9.59 Å². The minimum Gasteiger partial charge on any atom is -0.461 e. The number of hydrogen-bond donors (Lipinski definition) is 0. The summed E-state index contributed by atoms with van der Waals surface area (Å²) < 4.78 is 12.6. The van der Waals surface area contributed by atoms with E-state index >= 15 is 0 Å². The number of carbonyl (C=O) groups is 2. The molecule has 0 amide bonds. The number of rotatable bonds is 4. The number of esters is 2. The average molecular weight is 445 g/mol. The summed E-state index contributed by atoms with van der Waals surface area (Å²) in [6.45, 7) is 13.7. The van der Waals surface area contributed by atoms with E-state index < -0.39 is 0 Å². The van der Waals surface area contributed by atoms with Crippen LogP contribution in [0.2, 0.25) is 0 Å². The maximum atomic E-state index is 13.5. The van der Waals surface area contributed by atoms with Crippen LogP contribution in [0.1, 0.15) is 106 Å². The maximum Gasteiger partial charge on any atom is 0.310 e. The van der Waals surface area contributed by atoms with Crippen molar-refractivity contribution in [2.75, 3.05) is 0 Å². The second-order valence-electron chi connectivity index (χ2n) is 14.0. The van der Waals surface area contributed by atoms with Crippen molar-refractivity contribution in [1.82, 2.24) is 0 Å². The molecule has 0 radical (unpaired) electrons. The molecule has 32 heavy (non-hydrogen) atoms. The number of hydrogen-bond acceptors (Lipinski definition) is 4. The highest BCUT2D eigenvalue weighted by molar-refractivity contribution is 5.82. The molecular weight excluding hydrogens is 400 g/mol. The van der Waals surface area contributed by atoms with Crippen molar-refractivity contribution in [2.24, 2.45) is 45.3 Å². The Labute approximate surface area is 194 Å². The molecule has 180 valence electrons. The Morgan fingerprint density at radius 3 is 1.31 bits per heavy atom. The minimum absolute atomic E-state index is 0.0228.